The van der Waals surface area contributed by atoms with E-state index in [-0.39, 0.29) is 17.9 Å². The van der Waals surface area contributed by atoms with Crippen molar-refractivity contribution in [2.45, 2.75) is 25.0 Å². The lowest BCUT2D eigenvalue weighted by atomic mass is 10.2. The van der Waals surface area contributed by atoms with Crippen LogP contribution in [0.2, 0.25) is 0 Å². The zero-order chi connectivity index (χ0) is 25.6. The summed E-state index contributed by atoms with van der Waals surface area (Å²) < 4.78 is 5.88. The Morgan fingerprint density at radius 3 is 2.86 bits per heavy atom. The number of ether oxygens (including phenoxy) is 1. The molecule has 0 aliphatic carbocycles. The molecule has 2 aromatic carbocycles. The highest BCUT2D eigenvalue weighted by atomic mass is 32.2. The molecule has 0 aliphatic heterocycles. The van der Waals surface area contributed by atoms with E-state index in [0.29, 0.717) is 22.0 Å². The first-order valence-electron chi connectivity index (χ1n) is 11.7. The predicted molar refractivity (Wildman–Crippen MR) is 145 cm³/mol. The third kappa shape index (κ3) is 6.07. The van der Waals surface area contributed by atoms with Gasteiger partial charge in [-0.2, -0.15) is 0 Å². The Morgan fingerprint density at radius 2 is 2.00 bits per heavy atom. The summed E-state index contributed by atoms with van der Waals surface area (Å²) in [7, 11) is 0. The molecule has 5 aromatic rings. The summed E-state index contributed by atoms with van der Waals surface area (Å²) in [4.78, 5) is 36.8. The third-order valence-corrected chi connectivity index (χ3v) is 7.42. The summed E-state index contributed by atoms with van der Waals surface area (Å²) in [6.45, 7) is 2.68. The molecule has 0 radical (unpaired) electrons. The van der Waals surface area contributed by atoms with Crippen LogP contribution >= 0.6 is 23.1 Å². The van der Waals surface area contributed by atoms with Gasteiger partial charge in [0.25, 0.3) is 11.5 Å². The summed E-state index contributed by atoms with van der Waals surface area (Å²) in [6, 6.07) is 17.4. The van der Waals surface area contributed by atoms with Crippen LogP contribution in [-0.2, 0) is 6.54 Å². The van der Waals surface area contributed by atoms with Gasteiger partial charge in [-0.05, 0) is 42.0 Å². The van der Waals surface area contributed by atoms with Crippen LogP contribution in [0, 0.1) is 6.92 Å². The molecule has 3 heterocycles. The molecule has 0 spiro atoms. The van der Waals surface area contributed by atoms with Crippen molar-refractivity contribution in [2.75, 3.05) is 12.4 Å². The van der Waals surface area contributed by atoms with Crippen LogP contribution in [0.4, 0.5) is 0 Å². The second kappa shape index (κ2) is 11.4. The number of amides is 1. The number of aromatic nitrogens is 5. The lowest BCUT2D eigenvalue weighted by molar-refractivity contribution is 0.0940. The van der Waals surface area contributed by atoms with Crippen molar-refractivity contribution in [1.82, 2.24) is 30.5 Å². The number of nitrogens with zero attached hydrogens (tertiary/aromatic N) is 3. The van der Waals surface area contributed by atoms with Crippen molar-refractivity contribution >= 4 is 39.2 Å². The van der Waals surface area contributed by atoms with Crippen LogP contribution < -0.4 is 15.6 Å². The summed E-state index contributed by atoms with van der Waals surface area (Å²) in [6.07, 6.45) is 0.824. The molecule has 0 atom stereocenters. The number of fused-ring (bicyclic) bond motifs is 1. The number of H-pyrrole nitrogens is 2. The van der Waals surface area contributed by atoms with Crippen LogP contribution in [0.15, 0.2) is 69.9 Å². The van der Waals surface area contributed by atoms with Crippen molar-refractivity contribution in [3.63, 3.8) is 0 Å². The Bertz CT molecular complexity index is 1580. The number of thiophene rings is 1. The summed E-state index contributed by atoms with van der Waals surface area (Å²) >= 11 is 2.92. The van der Waals surface area contributed by atoms with E-state index in [9.17, 15) is 9.59 Å². The normalized spacial score (nSPS) is 11.1. The molecule has 0 saturated carbocycles. The average molecular weight is 533 g/mol. The van der Waals surface area contributed by atoms with Gasteiger partial charge < -0.3 is 15.0 Å². The van der Waals surface area contributed by atoms with Gasteiger partial charge in [-0.15, -0.1) is 16.4 Å². The second-order valence-electron chi connectivity index (χ2n) is 8.23. The number of aromatic amines is 2. The van der Waals surface area contributed by atoms with Gasteiger partial charge in [0.2, 0.25) is 11.0 Å². The Morgan fingerprint density at radius 1 is 1.14 bits per heavy atom. The van der Waals surface area contributed by atoms with Gasteiger partial charge in [-0.3, -0.25) is 14.7 Å². The molecule has 0 aliphatic rings. The highest BCUT2D eigenvalue weighted by molar-refractivity contribution is 7.99. The standard InChI is InChI=1S/C26H24N6O3S2/c1-16-15-37-25-20(16)23(33)28-22(29-25)24(34)27-14-17-7-5-10-19(13-17)35-11-6-12-36-26-30-21(31-32-26)18-8-3-2-4-9-18/h2-5,7-10,13,15H,6,11-12,14H2,1H3,(H,27,34)(H,28,29,33)(H,30,31,32). The molecule has 37 heavy (non-hydrogen) atoms. The number of hydrogen-bond acceptors (Lipinski definition) is 8. The van der Waals surface area contributed by atoms with E-state index in [1.807, 2.05) is 66.9 Å². The Labute approximate surface area is 220 Å². The summed E-state index contributed by atoms with van der Waals surface area (Å²) in [5.41, 5.74) is 2.43. The first kappa shape index (κ1) is 24.7. The Hall–Kier alpha value is -3.96. The Kier molecular flexibility index (Phi) is 7.62. The highest BCUT2D eigenvalue weighted by Crippen LogP contribution is 2.21. The molecule has 3 N–H and O–H groups in total. The van der Waals surface area contributed by atoms with Crippen molar-refractivity contribution < 1.29 is 9.53 Å². The molecule has 0 saturated heterocycles. The minimum atomic E-state index is -0.434. The maximum atomic E-state index is 12.6. The monoisotopic (exact) mass is 532 g/mol. The van der Waals surface area contributed by atoms with E-state index < -0.39 is 5.91 Å². The van der Waals surface area contributed by atoms with Crippen molar-refractivity contribution in [1.29, 1.82) is 0 Å². The minimum absolute atomic E-state index is 0.00606. The van der Waals surface area contributed by atoms with Gasteiger partial charge in [-0.1, -0.05) is 54.2 Å². The van der Waals surface area contributed by atoms with Gasteiger partial charge in [0.15, 0.2) is 5.82 Å². The molecule has 11 heteroatoms. The molecule has 0 fully saturated rings. The van der Waals surface area contributed by atoms with Crippen LogP contribution in [0.25, 0.3) is 21.6 Å². The lowest BCUT2D eigenvalue weighted by Gasteiger charge is -2.09. The minimum Gasteiger partial charge on any atom is -0.494 e. The number of rotatable bonds is 10. The molecule has 0 bridgehead atoms. The molecule has 0 unspecified atom stereocenters. The Balaban J connectivity index is 1.08. The largest absolute Gasteiger partial charge is 0.494 e. The van der Waals surface area contributed by atoms with Crippen LogP contribution in [0.3, 0.4) is 0 Å². The van der Waals surface area contributed by atoms with Gasteiger partial charge in [0.1, 0.15) is 10.6 Å². The number of aryl methyl sites for hydroxylation is 1. The van der Waals surface area contributed by atoms with Gasteiger partial charge in [0, 0.05) is 17.9 Å². The van der Waals surface area contributed by atoms with Gasteiger partial charge in [-0.25, -0.2) is 9.97 Å². The number of carbonyl (C=O) groups excluding carboxylic acids is 1. The number of benzene rings is 2. The fourth-order valence-corrected chi connectivity index (χ4v) is 5.29. The molecule has 3 aromatic heterocycles. The number of thioether (sulfide) groups is 1. The van der Waals surface area contributed by atoms with Crippen molar-refractivity contribution in [3.8, 4) is 17.1 Å². The van der Waals surface area contributed by atoms with E-state index in [0.717, 1.165) is 40.4 Å². The predicted octanol–water partition coefficient (Wildman–Crippen LogP) is 4.57. The van der Waals surface area contributed by atoms with Crippen LogP contribution in [0.1, 0.15) is 28.2 Å². The smallest absolute Gasteiger partial charge is 0.287 e. The zero-order valence-electron chi connectivity index (χ0n) is 20.0. The van der Waals surface area contributed by atoms with E-state index >= 15 is 0 Å². The SMILES string of the molecule is Cc1csc2nc(C(=O)NCc3cccc(OCCCSc4n[nH]c(-c5ccccc5)n4)c3)[nH]c(=O)c12. The molecule has 5 rings (SSSR count). The van der Waals surface area contributed by atoms with E-state index in [1.54, 1.807) is 11.8 Å². The van der Waals surface area contributed by atoms with Crippen LogP contribution in [0.5, 0.6) is 5.75 Å². The highest BCUT2D eigenvalue weighted by Gasteiger charge is 2.14. The number of carbonyl (C=O) groups is 1. The quantitative estimate of drug-likeness (QED) is 0.178. The maximum absolute atomic E-state index is 12.6. The lowest BCUT2D eigenvalue weighted by Crippen LogP contribution is -2.27. The first-order valence-corrected chi connectivity index (χ1v) is 13.5. The maximum Gasteiger partial charge on any atom is 0.287 e. The molecule has 9 nitrogen and oxygen atoms in total. The molecule has 1 amide bonds. The van der Waals surface area contributed by atoms with E-state index in [2.05, 4.69) is 30.5 Å². The third-order valence-electron chi connectivity index (χ3n) is 5.50. The first-order chi connectivity index (χ1) is 18.1. The molecular weight excluding hydrogens is 508 g/mol. The van der Waals surface area contributed by atoms with Crippen LogP contribution in [-0.4, -0.2) is 43.4 Å². The van der Waals surface area contributed by atoms with E-state index in [1.165, 1.54) is 11.3 Å². The second-order valence-corrected chi connectivity index (χ2v) is 10.1. The van der Waals surface area contributed by atoms with Crippen molar-refractivity contribution in [2.24, 2.45) is 0 Å². The number of nitrogens with one attached hydrogen (secondary N) is 3. The fourth-order valence-electron chi connectivity index (χ4n) is 3.66. The average Bonchev–Trinajstić information content (AvgIpc) is 3.55. The number of hydrogen-bond donors (Lipinski definition) is 3. The fraction of sp³-hybridized carbons (Fsp3) is 0.192. The summed E-state index contributed by atoms with van der Waals surface area (Å²) in [5.74, 6) is 1.87. The van der Waals surface area contributed by atoms with E-state index in [4.69, 9.17) is 4.74 Å². The molecular formula is C26H24N6O3S2. The van der Waals surface area contributed by atoms with Gasteiger partial charge in [0.05, 0.1) is 12.0 Å². The topological polar surface area (TPSA) is 126 Å². The van der Waals surface area contributed by atoms with Crippen molar-refractivity contribution in [3.05, 3.63) is 87.3 Å². The summed E-state index contributed by atoms with van der Waals surface area (Å²) in [5, 5.41) is 13.1. The molecule has 188 valence electrons. The zero-order valence-corrected chi connectivity index (χ0v) is 21.6. The van der Waals surface area contributed by atoms with Gasteiger partial charge >= 0.3 is 0 Å².